The summed E-state index contributed by atoms with van der Waals surface area (Å²) in [6, 6.07) is 0.546. The molecule has 1 aliphatic heterocycles. The summed E-state index contributed by atoms with van der Waals surface area (Å²) >= 11 is 0. The van der Waals surface area contributed by atoms with Crippen LogP contribution in [0.15, 0.2) is 0 Å². The first kappa shape index (κ1) is 13.3. The van der Waals surface area contributed by atoms with Crippen LogP contribution in [0.25, 0.3) is 0 Å². The van der Waals surface area contributed by atoms with Crippen LogP contribution in [0, 0.1) is 0 Å². The molecule has 0 aliphatic carbocycles. The van der Waals surface area contributed by atoms with Gasteiger partial charge < -0.3 is 15.0 Å². The van der Waals surface area contributed by atoms with Gasteiger partial charge in [-0.15, -0.1) is 0 Å². The maximum atomic E-state index is 12.0. The normalized spacial score (nSPS) is 26.7. The van der Waals surface area contributed by atoms with Gasteiger partial charge in [0, 0.05) is 25.2 Å². The number of nitrogens with one attached hydrogen (secondary N) is 1. The predicted molar refractivity (Wildman–Crippen MR) is 64.5 cm³/mol. The quantitative estimate of drug-likeness (QED) is 0.786. The van der Waals surface area contributed by atoms with Gasteiger partial charge in [-0.25, -0.2) is 4.79 Å². The smallest absolute Gasteiger partial charge is 0.410 e. The fourth-order valence-electron chi connectivity index (χ4n) is 1.64. The number of ether oxygens (including phenoxy) is 1. The first-order valence-electron chi connectivity index (χ1n) is 6.08. The zero-order chi connectivity index (χ0) is 12.3. The Bertz CT molecular complexity index is 253. The number of rotatable bonds is 2. The summed E-state index contributed by atoms with van der Waals surface area (Å²) in [7, 11) is 0. The molecule has 2 atom stereocenters. The Labute approximate surface area is 98.3 Å². The summed E-state index contributed by atoms with van der Waals surface area (Å²) in [6.45, 7) is 11.6. The molecule has 4 heteroatoms. The minimum Gasteiger partial charge on any atom is -0.443 e. The highest BCUT2D eigenvalue weighted by atomic mass is 16.6. The Morgan fingerprint density at radius 2 is 2.12 bits per heavy atom. The van der Waals surface area contributed by atoms with E-state index in [0.29, 0.717) is 6.04 Å². The second-order valence-electron chi connectivity index (χ2n) is 5.29. The van der Waals surface area contributed by atoms with Gasteiger partial charge in [0.1, 0.15) is 5.60 Å². The monoisotopic (exact) mass is 228 g/mol. The van der Waals surface area contributed by atoms with E-state index in [2.05, 4.69) is 12.2 Å². The van der Waals surface area contributed by atoms with Gasteiger partial charge in [-0.05, 0) is 34.1 Å². The van der Waals surface area contributed by atoms with Gasteiger partial charge in [0.25, 0.3) is 0 Å². The standard InChI is InChI=1S/C12H24N2O2/c1-6-12(4,5)16-11(15)14-8-9(2)13-7-10(14)3/h9-10,13H,6-8H2,1-5H3/t9-,10+/m0/s1. The third-order valence-corrected chi connectivity index (χ3v) is 3.21. The van der Waals surface area contributed by atoms with Crippen molar-refractivity contribution in [2.24, 2.45) is 0 Å². The van der Waals surface area contributed by atoms with Crippen molar-refractivity contribution in [1.82, 2.24) is 10.2 Å². The summed E-state index contributed by atoms with van der Waals surface area (Å²) in [5, 5.41) is 3.34. The van der Waals surface area contributed by atoms with Crippen LogP contribution in [0.1, 0.15) is 41.0 Å². The van der Waals surface area contributed by atoms with E-state index in [9.17, 15) is 4.79 Å². The van der Waals surface area contributed by atoms with Crippen molar-refractivity contribution in [2.75, 3.05) is 13.1 Å². The lowest BCUT2D eigenvalue weighted by Crippen LogP contribution is -2.57. The van der Waals surface area contributed by atoms with Gasteiger partial charge in [0.05, 0.1) is 0 Å². The fraction of sp³-hybridized carbons (Fsp3) is 0.917. The van der Waals surface area contributed by atoms with Crippen molar-refractivity contribution < 1.29 is 9.53 Å². The third kappa shape index (κ3) is 3.37. The number of amides is 1. The van der Waals surface area contributed by atoms with Gasteiger partial charge in [-0.1, -0.05) is 6.92 Å². The van der Waals surface area contributed by atoms with Crippen LogP contribution < -0.4 is 5.32 Å². The summed E-state index contributed by atoms with van der Waals surface area (Å²) < 4.78 is 5.50. The van der Waals surface area contributed by atoms with Gasteiger partial charge >= 0.3 is 6.09 Å². The number of piperazine rings is 1. The maximum Gasteiger partial charge on any atom is 0.410 e. The Hall–Kier alpha value is -0.770. The van der Waals surface area contributed by atoms with Crippen LogP contribution in [0.4, 0.5) is 4.79 Å². The number of hydrogen-bond acceptors (Lipinski definition) is 3. The zero-order valence-corrected chi connectivity index (χ0v) is 11.0. The number of carbonyl (C=O) groups excluding carboxylic acids is 1. The molecule has 0 aromatic heterocycles. The van der Waals surface area contributed by atoms with E-state index < -0.39 is 0 Å². The van der Waals surface area contributed by atoms with Crippen LogP contribution in [0.5, 0.6) is 0 Å². The summed E-state index contributed by atoms with van der Waals surface area (Å²) in [5.74, 6) is 0. The van der Waals surface area contributed by atoms with E-state index in [-0.39, 0.29) is 17.7 Å². The van der Waals surface area contributed by atoms with Crippen LogP contribution in [-0.4, -0.2) is 41.8 Å². The molecule has 1 aliphatic rings. The Morgan fingerprint density at radius 1 is 1.50 bits per heavy atom. The van der Waals surface area contributed by atoms with E-state index in [4.69, 9.17) is 4.74 Å². The molecule has 1 N–H and O–H groups in total. The maximum absolute atomic E-state index is 12.0. The first-order valence-corrected chi connectivity index (χ1v) is 6.08. The Morgan fingerprint density at radius 3 is 2.69 bits per heavy atom. The molecule has 1 saturated heterocycles. The molecule has 94 valence electrons. The predicted octanol–water partition coefficient (Wildman–Crippen LogP) is 1.99. The highest BCUT2D eigenvalue weighted by molar-refractivity contribution is 5.68. The molecule has 0 spiro atoms. The highest BCUT2D eigenvalue weighted by Crippen LogP contribution is 2.17. The Balaban J connectivity index is 2.58. The minimum atomic E-state index is -0.370. The fourth-order valence-corrected chi connectivity index (χ4v) is 1.64. The van der Waals surface area contributed by atoms with Crippen molar-refractivity contribution in [3.63, 3.8) is 0 Å². The molecule has 0 aromatic rings. The summed E-state index contributed by atoms with van der Waals surface area (Å²) in [5.41, 5.74) is -0.370. The van der Waals surface area contributed by atoms with Gasteiger partial charge in [-0.3, -0.25) is 0 Å². The second-order valence-corrected chi connectivity index (χ2v) is 5.29. The molecule has 1 rings (SSSR count). The van der Waals surface area contributed by atoms with E-state index in [1.807, 2.05) is 32.6 Å². The van der Waals surface area contributed by atoms with E-state index in [0.717, 1.165) is 19.5 Å². The molecular weight excluding hydrogens is 204 g/mol. The van der Waals surface area contributed by atoms with Crippen LogP contribution >= 0.6 is 0 Å². The van der Waals surface area contributed by atoms with Crippen molar-refractivity contribution in [3.8, 4) is 0 Å². The molecule has 0 unspecified atom stereocenters. The van der Waals surface area contributed by atoms with Crippen LogP contribution in [0.3, 0.4) is 0 Å². The SMILES string of the molecule is CCC(C)(C)OC(=O)N1C[C@H](C)NC[C@H]1C. The highest BCUT2D eigenvalue weighted by Gasteiger charge is 2.31. The number of hydrogen-bond donors (Lipinski definition) is 1. The van der Waals surface area contributed by atoms with Crippen molar-refractivity contribution in [3.05, 3.63) is 0 Å². The molecule has 0 radical (unpaired) electrons. The third-order valence-electron chi connectivity index (χ3n) is 3.21. The summed E-state index contributed by atoms with van der Waals surface area (Å²) in [4.78, 5) is 13.8. The first-order chi connectivity index (χ1) is 7.35. The largest absolute Gasteiger partial charge is 0.443 e. The number of carbonyl (C=O) groups is 1. The molecular formula is C12H24N2O2. The van der Waals surface area contributed by atoms with Gasteiger partial charge in [0.15, 0.2) is 0 Å². The molecule has 16 heavy (non-hydrogen) atoms. The number of nitrogens with zero attached hydrogens (tertiary/aromatic N) is 1. The van der Waals surface area contributed by atoms with Crippen molar-refractivity contribution in [2.45, 2.75) is 58.7 Å². The molecule has 0 saturated carbocycles. The second kappa shape index (κ2) is 5.04. The van der Waals surface area contributed by atoms with Gasteiger partial charge in [0.2, 0.25) is 0 Å². The Kier molecular flexibility index (Phi) is 4.19. The van der Waals surface area contributed by atoms with Gasteiger partial charge in [-0.2, -0.15) is 0 Å². The lowest BCUT2D eigenvalue weighted by Gasteiger charge is -2.38. The molecule has 1 fully saturated rings. The van der Waals surface area contributed by atoms with Crippen LogP contribution in [0.2, 0.25) is 0 Å². The van der Waals surface area contributed by atoms with E-state index >= 15 is 0 Å². The molecule has 0 bridgehead atoms. The minimum absolute atomic E-state index is 0.187. The molecule has 4 nitrogen and oxygen atoms in total. The average Bonchev–Trinajstić information content (AvgIpc) is 2.21. The lowest BCUT2D eigenvalue weighted by atomic mass is 10.1. The van der Waals surface area contributed by atoms with E-state index in [1.54, 1.807) is 0 Å². The van der Waals surface area contributed by atoms with Crippen molar-refractivity contribution >= 4 is 6.09 Å². The molecule has 1 heterocycles. The average molecular weight is 228 g/mol. The summed E-state index contributed by atoms with van der Waals surface area (Å²) in [6.07, 6.45) is 0.641. The van der Waals surface area contributed by atoms with E-state index in [1.165, 1.54) is 0 Å². The topological polar surface area (TPSA) is 41.6 Å². The molecule has 0 aromatic carbocycles. The van der Waals surface area contributed by atoms with Crippen molar-refractivity contribution in [1.29, 1.82) is 0 Å². The zero-order valence-electron chi connectivity index (χ0n) is 11.0. The van der Waals surface area contributed by atoms with Crippen LogP contribution in [-0.2, 0) is 4.74 Å². The molecule has 1 amide bonds. The lowest BCUT2D eigenvalue weighted by molar-refractivity contribution is -0.00126.